The first-order chi connectivity index (χ1) is 8.34. The predicted molar refractivity (Wildman–Crippen MR) is 54.2 cm³/mol. The Balaban J connectivity index is -0.0000000304. The zero-order valence-corrected chi connectivity index (χ0v) is 12.3. The Labute approximate surface area is 135 Å². The molecule has 0 amide bonds. The molecule has 116 valence electrons. The van der Waals surface area contributed by atoms with Crippen molar-refractivity contribution >= 4 is 23.7 Å². The summed E-state index contributed by atoms with van der Waals surface area (Å²) in [6.07, 6.45) is 0. The largest absolute Gasteiger partial charge is 4.00 e. The summed E-state index contributed by atoms with van der Waals surface area (Å²) in [5.41, 5.74) is 0. The fourth-order valence-corrected chi connectivity index (χ4v) is 0. The van der Waals surface area contributed by atoms with Gasteiger partial charge in [-0.3, -0.25) is 0 Å². The molecule has 20 heteroatoms. The summed E-state index contributed by atoms with van der Waals surface area (Å²) in [5.74, 6) is 0. The summed E-state index contributed by atoms with van der Waals surface area (Å²) < 4.78 is 3.19. The Morgan fingerprint density at radius 1 is 0.550 bits per heavy atom. The first kappa shape index (κ1) is 36.2. The van der Waals surface area contributed by atoms with Gasteiger partial charge in [0.1, 0.15) is 0 Å². The minimum Gasteiger partial charge on any atom is -0.356 e. The summed E-state index contributed by atoms with van der Waals surface area (Å²) >= 11 is 8.53. The number of hydrogen-bond acceptors (Lipinski definition) is 13. The van der Waals surface area contributed by atoms with Gasteiger partial charge >= 0.3 is 26.2 Å². The molecule has 0 atom stereocenters. The Morgan fingerprint density at radius 2 is 0.550 bits per heavy atom. The topological polar surface area (TPSA) is 274 Å². The van der Waals surface area contributed by atoms with Crippen LogP contribution >= 0.6 is 23.7 Å². The van der Waals surface area contributed by atoms with Crippen molar-refractivity contribution in [3.8, 4) is 0 Å². The predicted octanol–water partition coefficient (Wildman–Crippen LogP) is 0.352. The van der Waals surface area contributed by atoms with Gasteiger partial charge in [-0.05, 0) is 0 Å². The maximum Gasteiger partial charge on any atom is 4.00 e. The Kier molecular flexibility index (Phi) is 65.1. The van der Waals surface area contributed by atoms with Gasteiger partial charge < -0.3 is 61.3 Å². The molecule has 0 fully saturated rings. The first-order valence-corrected chi connectivity index (χ1v) is 3.12. The van der Waals surface area contributed by atoms with E-state index in [1.807, 2.05) is 0 Å². The van der Waals surface area contributed by atoms with Crippen LogP contribution in [0.15, 0.2) is 0 Å². The summed E-state index contributed by atoms with van der Waals surface area (Å²) in [7, 11) is 0. The molecule has 0 aromatic rings. The molecular formula is Cl2N4O13Zr. The van der Waals surface area contributed by atoms with Crippen molar-refractivity contribution in [3.63, 3.8) is 0 Å². The normalized spacial score (nSPS) is 5.70. The molecule has 0 unspecified atom stereocenters. The molecular weight excluding hydrogens is 426 g/mol. The molecule has 17 nitrogen and oxygen atoms in total. The molecule has 0 saturated heterocycles. The summed E-state index contributed by atoms with van der Waals surface area (Å²) in [4.78, 5) is 33.0. The Hall–Kier alpha value is -1.78. The quantitative estimate of drug-likeness (QED) is 0.374. The van der Waals surface area contributed by atoms with E-state index in [-0.39, 0.29) is 26.2 Å². The van der Waals surface area contributed by atoms with Gasteiger partial charge in [0.25, 0.3) is 0 Å². The van der Waals surface area contributed by atoms with Crippen LogP contribution in [0.3, 0.4) is 0 Å². The molecule has 0 aromatic heterocycles. The summed E-state index contributed by atoms with van der Waals surface area (Å²) in [6, 6.07) is 0. The van der Waals surface area contributed by atoms with Crippen LogP contribution < -0.4 is 0 Å². The van der Waals surface area contributed by atoms with Crippen molar-refractivity contribution in [2.75, 3.05) is 0 Å². The number of halogens is 2. The molecule has 0 bridgehead atoms. The Morgan fingerprint density at radius 3 is 0.550 bits per heavy atom. The monoisotopic (exact) mass is 424 g/mol. The number of nitrogens with zero attached hydrogens (tertiary/aromatic N) is 4. The standard InChI is InChI=1S/Cl2O.4NO3.Zr/c1-3-2;4*2-1(3)4;/q;4*-1;+4. The van der Waals surface area contributed by atoms with E-state index in [2.05, 4.69) is 27.6 Å². The van der Waals surface area contributed by atoms with Gasteiger partial charge in [-0.2, -0.15) is 3.84 Å². The van der Waals surface area contributed by atoms with Crippen molar-refractivity contribution < 1.29 is 50.4 Å². The van der Waals surface area contributed by atoms with Crippen molar-refractivity contribution in [2.45, 2.75) is 0 Å². The van der Waals surface area contributed by atoms with Crippen molar-refractivity contribution in [1.82, 2.24) is 0 Å². The maximum atomic E-state index is 8.25. The molecule has 0 radical (unpaired) electrons. The molecule has 0 spiro atoms. The van der Waals surface area contributed by atoms with Crippen molar-refractivity contribution in [1.29, 1.82) is 0 Å². The van der Waals surface area contributed by atoms with Crippen LogP contribution in [0.1, 0.15) is 0 Å². The Bertz CT molecular complexity index is 181. The van der Waals surface area contributed by atoms with Gasteiger partial charge in [-0.15, -0.1) is 0 Å². The molecule has 0 aliphatic carbocycles. The first-order valence-electron chi connectivity index (χ1n) is 2.50. The van der Waals surface area contributed by atoms with E-state index >= 15 is 0 Å². The zero-order valence-electron chi connectivity index (χ0n) is 8.35. The second-order valence-corrected chi connectivity index (χ2v) is 1.42. The molecule has 20 heavy (non-hydrogen) atoms. The molecule has 0 aliphatic rings. The second kappa shape index (κ2) is 36.0. The maximum absolute atomic E-state index is 8.25. The van der Waals surface area contributed by atoms with Crippen molar-refractivity contribution in [2.24, 2.45) is 0 Å². The van der Waals surface area contributed by atoms with E-state index in [1.165, 1.54) is 0 Å². The van der Waals surface area contributed by atoms with Crippen molar-refractivity contribution in [3.05, 3.63) is 61.3 Å². The van der Waals surface area contributed by atoms with E-state index < -0.39 is 20.3 Å². The zero-order chi connectivity index (χ0) is 17.0. The molecule has 0 saturated carbocycles. The van der Waals surface area contributed by atoms with E-state index in [4.69, 9.17) is 61.3 Å². The molecule has 0 aromatic carbocycles. The smallest absolute Gasteiger partial charge is 0.356 e. The fraction of sp³-hybridized carbons (Fsp3) is 0. The molecule has 0 rings (SSSR count). The van der Waals surface area contributed by atoms with E-state index in [1.54, 1.807) is 0 Å². The minimum absolute atomic E-state index is 0. The summed E-state index contributed by atoms with van der Waals surface area (Å²) in [6.45, 7) is 0. The third kappa shape index (κ3) is 1190. The van der Waals surface area contributed by atoms with Crippen LogP contribution in [0.25, 0.3) is 0 Å². The van der Waals surface area contributed by atoms with Gasteiger partial charge in [0, 0.05) is 0 Å². The van der Waals surface area contributed by atoms with Gasteiger partial charge in [-0.1, -0.05) is 0 Å². The molecule has 0 heterocycles. The van der Waals surface area contributed by atoms with Crippen LogP contribution in [-0.4, -0.2) is 20.3 Å². The third-order valence-corrected chi connectivity index (χ3v) is 0. The average Bonchev–Trinajstić information content (AvgIpc) is 1.97. The molecule has 0 aliphatic heterocycles. The van der Waals surface area contributed by atoms with E-state index in [0.29, 0.717) is 0 Å². The van der Waals surface area contributed by atoms with Gasteiger partial charge in [0.05, 0.1) is 44.1 Å². The number of hydrogen-bond donors (Lipinski definition) is 0. The van der Waals surface area contributed by atoms with Crippen LogP contribution in [0, 0.1) is 61.3 Å². The second-order valence-electron chi connectivity index (χ2n) is 0.953. The minimum atomic E-state index is -1.75. The van der Waals surface area contributed by atoms with Crippen LogP contribution in [0.5, 0.6) is 0 Å². The average molecular weight is 426 g/mol. The van der Waals surface area contributed by atoms with Gasteiger partial charge in [0.2, 0.25) is 0 Å². The summed E-state index contributed by atoms with van der Waals surface area (Å²) in [5, 5.41) is 59.0. The fourth-order valence-electron chi connectivity index (χ4n) is 0. The number of rotatable bonds is 0. The SMILES string of the molecule is ClOCl.O=[N+]([O-])[O-].O=[N+]([O-])[O-].O=[N+]([O-])[O-].O=[N+]([O-])[O-].[Zr+4]. The third-order valence-electron chi connectivity index (χ3n) is 0. The van der Waals surface area contributed by atoms with Crippen LogP contribution in [0.2, 0.25) is 0 Å². The van der Waals surface area contributed by atoms with E-state index in [0.717, 1.165) is 0 Å². The van der Waals surface area contributed by atoms with Gasteiger partial charge in [0.15, 0.2) is 0 Å². The van der Waals surface area contributed by atoms with Gasteiger partial charge in [-0.25, -0.2) is 0 Å². The van der Waals surface area contributed by atoms with Crippen LogP contribution in [-0.2, 0) is 30.0 Å². The molecule has 0 N–H and O–H groups in total. The van der Waals surface area contributed by atoms with E-state index in [9.17, 15) is 0 Å². The van der Waals surface area contributed by atoms with Crippen LogP contribution in [0.4, 0.5) is 0 Å².